The number of carboxylic acids is 1. The highest BCUT2D eigenvalue weighted by Gasteiger charge is 2.51. The van der Waals surface area contributed by atoms with Crippen molar-refractivity contribution in [3.63, 3.8) is 0 Å². The fourth-order valence-corrected chi connectivity index (χ4v) is 1.99. The summed E-state index contributed by atoms with van der Waals surface area (Å²) < 4.78 is 11.9. The minimum atomic E-state index is -0.826. The zero-order chi connectivity index (χ0) is 15.0. The van der Waals surface area contributed by atoms with E-state index in [9.17, 15) is 4.79 Å². The molecule has 1 N–H and O–H groups in total. The van der Waals surface area contributed by atoms with Crippen LogP contribution >= 0.6 is 0 Å². The second-order valence-electron chi connectivity index (χ2n) is 6.06. The van der Waals surface area contributed by atoms with Gasteiger partial charge in [0.15, 0.2) is 0 Å². The van der Waals surface area contributed by atoms with Crippen molar-refractivity contribution in [3.05, 3.63) is 24.0 Å². The van der Waals surface area contributed by atoms with E-state index in [2.05, 4.69) is 4.98 Å². The van der Waals surface area contributed by atoms with Gasteiger partial charge in [-0.25, -0.2) is 0 Å². The average molecular weight is 277 g/mol. The molecule has 0 bridgehead atoms. The van der Waals surface area contributed by atoms with Gasteiger partial charge in [-0.3, -0.25) is 9.78 Å². The lowest BCUT2D eigenvalue weighted by Crippen LogP contribution is -2.41. The van der Waals surface area contributed by atoms with Crippen molar-refractivity contribution in [1.82, 2.24) is 4.98 Å². The first-order valence-corrected chi connectivity index (χ1v) is 6.73. The van der Waals surface area contributed by atoms with Crippen LogP contribution in [0.1, 0.15) is 39.8 Å². The average Bonchev–Trinajstić information content (AvgIpc) is 2.56. The molecule has 0 radical (unpaired) electrons. The van der Waals surface area contributed by atoms with E-state index in [0.29, 0.717) is 6.42 Å². The Hall–Kier alpha value is -1.40. The van der Waals surface area contributed by atoms with Gasteiger partial charge in [0.25, 0.3) is 0 Å². The normalized spacial score (nSPS) is 20.1. The Kier molecular flexibility index (Phi) is 3.89. The molecule has 0 spiro atoms. The molecule has 0 unspecified atom stereocenters. The van der Waals surface area contributed by atoms with E-state index in [1.165, 1.54) is 0 Å². The Morgan fingerprint density at radius 2 is 1.90 bits per heavy atom. The highest BCUT2D eigenvalue weighted by Crippen LogP contribution is 2.36. The summed E-state index contributed by atoms with van der Waals surface area (Å²) in [5, 5.41) is 8.72. The molecule has 0 aromatic carbocycles. The van der Waals surface area contributed by atoms with Crippen LogP contribution in [-0.2, 0) is 20.5 Å². The Morgan fingerprint density at radius 1 is 1.30 bits per heavy atom. The third kappa shape index (κ3) is 3.02. The van der Waals surface area contributed by atoms with E-state index in [4.69, 9.17) is 14.4 Å². The highest BCUT2D eigenvalue weighted by molar-refractivity contribution is 6.62. The summed E-state index contributed by atoms with van der Waals surface area (Å²) in [6.45, 7) is 8.00. The fourth-order valence-electron chi connectivity index (χ4n) is 1.99. The van der Waals surface area contributed by atoms with E-state index in [1.54, 1.807) is 6.20 Å². The van der Waals surface area contributed by atoms with Gasteiger partial charge in [-0.15, -0.1) is 0 Å². The number of hydrogen-bond acceptors (Lipinski definition) is 4. The minimum Gasteiger partial charge on any atom is -0.481 e. The lowest BCUT2D eigenvalue weighted by molar-refractivity contribution is -0.136. The first-order chi connectivity index (χ1) is 9.21. The number of aromatic nitrogens is 1. The van der Waals surface area contributed by atoms with Crippen molar-refractivity contribution in [2.75, 3.05) is 0 Å². The van der Waals surface area contributed by atoms with E-state index < -0.39 is 13.1 Å². The molecule has 6 heteroatoms. The largest absolute Gasteiger partial charge is 0.494 e. The molecule has 2 heterocycles. The third-order valence-electron chi connectivity index (χ3n) is 3.96. The van der Waals surface area contributed by atoms with Gasteiger partial charge in [-0.05, 0) is 45.3 Å². The summed E-state index contributed by atoms with van der Waals surface area (Å²) in [6.07, 6.45) is 2.14. The predicted octanol–water partition coefficient (Wildman–Crippen LogP) is 1.40. The van der Waals surface area contributed by atoms with Gasteiger partial charge in [0.1, 0.15) is 0 Å². The molecule has 0 saturated carbocycles. The van der Waals surface area contributed by atoms with Crippen LogP contribution in [0.3, 0.4) is 0 Å². The van der Waals surface area contributed by atoms with Gasteiger partial charge in [0, 0.05) is 18.3 Å². The lowest BCUT2D eigenvalue weighted by Gasteiger charge is -2.32. The van der Waals surface area contributed by atoms with Crippen molar-refractivity contribution in [2.24, 2.45) is 0 Å². The van der Waals surface area contributed by atoms with Gasteiger partial charge in [0.05, 0.1) is 17.6 Å². The molecule has 1 aliphatic rings. The maximum atomic E-state index is 10.6. The monoisotopic (exact) mass is 277 g/mol. The molecule has 0 atom stereocenters. The van der Waals surface area contributed by atoms with Crippen LogP contribution in [0.15, 0.2) is 18.3 Å². The Bertz CT molecular complexity index is 500. The lowest BCUT2D eigenvalue weighted by atomic mass is 9.79. The van der Waals surface area contributed by atoms with Gasteiger partial charge in [0.2, 0.25) is 0 Å². The van der Waals surface area contributed by atoms with Crippen molar-refractivity contribution in [3.8, 4) is 0 Å². The summed E-state index contributed by atoms with van der Waals surface area (Å²) >= 11 is 0. The summed E-state index contributed by atoms with van der Waals surface area (Å²) in [7, 11) is -0.438. The quantitative estimate of drug-likeness (QED) is 0.842. The SMILES string of the molecule is CC1(C)OB(c2ccnc(CCC(=O)O)c2)OC1(C)C. The molecule has 1 aliphatic heterocycles. The van der Waals surface area contributed by atoms with E-state index >= 15 is 0 Å². The third-order valence-corrected chi connectivity index (χ3v) is 3.96. The van der Waals surface area contributed by atoms with Crippen LogP contribution in [0, 0.1) is 0 Å². The fraction of sp³-hybridized carbons (Fsp3) is 0.571. The molecule has 20 heavy (non-hydrogen) atoms. The first kappa shape index (κ1) is 15.0. The maximum absolute atomic E-state index is 10.6. The molecule has 0 aliphatic carbocycles. The van der Waals surface area contributed by atoms with Crippen LogP contribution in [0.2, 0.25) is 0 Å². The Balaban J connectivity index is 2.14. The van der Waals surface area contributed by atoms with Crippen LogP contribution in [-0.4, -0.2) is 34.4 Å². The number of hydrogen-bond donors (Lipinski definition) is 1. The maximum Gasteiger partial charge on any atom is 0.494 e. The second kappa shape index (κ2) is 5.18. The van der Waals surface area contributed by atoms with Crippen LogP contribution < -0.4 is 5.46 Å². The number of carbonyl (C=O) groups is 1. The van der Waals surface area contributed by atoms with Gasteiger partial charge >= 0.3 is 13.1 Å². The zero-order valence-corrected chi connectivity index (χ0v) is 12.3. The van der Waals surface area contributed by atoms with Crippen molar-refractivity contribution in [2.45, 2.75) is 51.7 Å². The van der Waals surface area contributed by atoms with Crippen LogP contribution in [0.4, 0.5) is 0 Å². The number of pyridine rings is 1. The number of carboxylic acid groups (broad SMARTS) is 1. The standard InChI is InChI=1S/C14H20BNO4/c1-13(2)14(3,4)20-15(19-13)10-7-8-16-11(9-10)5-6-12(17)18/h7-9H,5-6H2,1-4H3,(H,17,18). The molecule has 0 amide bonds. The summed E-state index contributed by atoms with van der Waals surface area (Å²) in [5.41, 5.74) is 0.836. The number of nitrogens with zero attached hydrogens (tertiary/aromatic N) is 1. The molecule has 1 fully saturated rings. The Labute approximate surface area is 119 Å². The molecule has 2 rings (SSSR count). The number of rotatable bonds is 4. The predicted molar refractivity (Wildman–Crippen MR) is 75.9 cm³/mol. The van der Waals surface area contributed by atoms with Gasteiger partial charge in [-0.2, -0.15) is 0 Å². The molecular weight excluding hydrogens is 257 g/mol. The second-order valence-corrected chi connectivity index (χ2v) is 6.06. The molecule has 1 aromatic rings. The van der Waals surface area contributed by atoms with Crippen molar-refractivity contribution < 1.29 is 19.2 Å². The summed E-state index contributed by atoms with van der Waals surface area (Å²) in [6, 6.07) is 3.69. The molecule has 5 nitrogen and oxygen atoms in total. The summed E-state index contributed by atoms with van der Waals surface area (Å²) in [5.74, 6) is -0.826. The molecule has 1 aromatic heterocycles. The van der Waals surface area contributed by atoms with Crippen molar-refractivity contribution >= 4 is 18.6 Å². The number of aryl methyl sites for hydroxylation is 1. The van der Waals surface area contributed by atoms with E-state index in [1.807, 2.05) is 39.8 Å². The van der Waals surface area contributed by atoms with Crippen LogP contribution in [0.5, 0.6) is 0 Å². The molecule has 1 saturated heterocycles. The van der Waals surface area contributed by atoms with Crippen molar-refractivity contribution in [1.29, 1.82) is 0 Å². The van der Waals surface area contributed by atoms with E-state index in [-0.39, 0.29) is 17.6 Å². The Morgan fingerprint density at radius 3 is 2.45 bits per heavy atom. The van der Waals surface area contributed by atoms with Gasteiger partial charge in [-0.1, -0.05) is 0 Å². The van der Waals surface area contributed by atoms with Crippen LogP contribution in [0.25, 0.3) is 0 Å². The van der Waals surface area contributed by atoms with Gasteiger partial charge < -0.3 is 14.4 Å². The number of aliphatic carboxylic acids is 1. The first-order valence-electron chi connectivity index (χ1n) is 6.73. The van der Waals surface area contributed by atoms with E-state index in [0.717, 1.165) is 11.2 Å². The summed E-state index contributed by atoms with van der Waals surface area (Å²) in [4.78, 5) is 14.8. The topological polar surface area (TPSA) is 68.7 Å². The smallest absolute Gasteiger partial charge is 0.481 e. The minimum absolute atomic E-state index is 0.0693. The highest BCUT2D eigenvalue weighted by atomic mass is 16.7. The molecular formula is C14H20BNO4. The molecule has 108 valence electrons. The zero-order valence-electron chi connectivity index (χ0n) is 12.3.